The molecule has 2 aliphatic rings. The fraction of sp³-hybridized carbons (Fsp3) is 0.367. The zero-order valence-corrected chi connectivity index (χ0v) is 22.9. The molecule has 0 saturated carbocycles. The van der Waals surface area contributed by atoms with E-state index in [4.69, 9.17) is 4.74 Å². The minimum absolute atomic E-state index is 0.0662. The number of aromatic nitrogens is 1. The number of benzene rings is 2. The molecular weight excluding hydrogens is 494 g/mol. The van der Waals surface area contributed by atoms with Crippen LogP contribution in [0.5, 0.6) is 0 Å². The van der Waals surface area contributed by atoms with Gasteiger partial charge in [0.05, 0.1) is 12.6 Å². The third kappa shape index (κ3) is 5.27. The first-order valence-corrected chi connectivity index (χ1v) is 13.2. The average molecular weight is 530 g/mol. The van der Waals surface area contributed by atoms with Crippen LogP contribution in [0.15, 0.2) is 60.8 Å². The summed E-state index contributed by atoms with van der Waals surface area (Å²) in [5.41, 5.74) is 5.51. The lowest BCUT2D eigenvalue weighted by Crippen LogP contribution is -2.49. The van der Waals surface area contributed by atoms with E-state index in [1.165, 1.54) is 4.90 Å². The highest BCUT2D eigenvalue weighted by molar-refractivity contribution is 6.06. The van der Waals surface area contributed by atoms with Crippen LogP contribution >= 0.6 is 0 Å². The first kappa shape index (κ1) is 26.5. The number of carbonyl (C=O) groups excluding carboxylic acids is 3. The van der Waals surface area contributed by atoms with Gasteiger partial charge in [-0.25, -0.2) is 4.79 Å². The quantitative estimate of drug-likeness (QED) is 0.549. The summed E-state index contributed by atoms with van der Waals surface area (Å²) >= 11 is 0. The predicted octanol–water partition coefficient (Wildman–Crippen LogP) is 3.39. The number of amides is 4. The molecule has 4 amide bonds. The third-order valence-electron chi connectivity index (χ3n) is 7.71. The van der Waals surface area contributed by atoms with Gasteiger partial charge in [0.15, 0.2) is 0 Å². The molecular formula is C30H35N5O4. The first-order valence-electron chi connectivity index (χ1n) is 13.2. The molecule has 0 aliphatic carbocycles. The summed E-state index contributed by atoms with van der Waals surface area (Å²) in [5.74, 6) is -0.186. The normalized spacial score (nSPS) is 18.3. The molecule has 0 bridgehead atoms. The van der Waals surface area contributed by atoms with E-state index in [2.05, 4.69) is 22.0 Å². The first-order chi connectivity index (χ1) is 18.8. The lowest BCUT2D eigenvalue weighted by Gasteiger charge is -2.26. The standard InChI is InChI=1S/C30H35N5O4/c1-20-14-21(28(36)34-18-24-9-7-13-33(24)17-23-8-5-6-10-26(23)34)11-12-22(20)16-31-30(38)35-19-25(39-4)15-27(35)29(37)32(2)3/h5-14,25,27H,15-19H2,1-4H3,(H,31,38)/t25-,27+/m1/s1. The van der Waals surface area contributed by atoms with Gasteiger partial charge in [-0.2, -0.15) is 0 Å². The summed E-state index contributed by atoms with van der Waals surface area (Å²) in [5, 5.41) is 2.95. The van der Waals surface area contributed by atoms with Crippen molar-refractivity contribution >= 4 is 23.5 Å². The molecule has 1 saturated heterocycles. The molecule has 9 heteroatoms. The Morgan fingerprint density at radius 1 is 1.05 bits per heavy atom. The third-order valence-corrected chi connectivity index (χ3v) is 7.71. The molecule has 2 aromatic carbocycles. The molecule has 2 aliphatic heterocycles. The van der Waals surface area contributed by atoms with Crippen LogP contribution in [0.2, 0.25) is 0 Å². The number of rotatable bonds is 5. The van der Waals surface area contributed by atoms with Gasteiger partial charge in [0.2, 0.25) is 5.91 Å². The number of likely N-dealkylation sites (tertiary alicyclic amines) is 1. The van der Waals surface area contributed by atoms with Crippen LogP contribution in [0, 0.1) is 6.92 Å². The van der Waals surface area contributed by atoms with Crippen LogP contribution in [0.25, 0.3) is 0 Å². The second kappa shape index (κ2) is 10.9. The maximum atomic E-state index is 13.8. The van der Waals surface area contributed by atoms with Crippen molar-refractivity contribution in [3.63, 3.8) is 0 Å². The summed E-state index contributed by atoms with van der Waals surface area (Å²) in [7, 11) is 4.97. The number of hydrogen-bond donors (Lipinski definition) is 1. The molecule has 3 aromatic rings. The zero-order valence-electron chi connectivity index (χ0n) is 22.9. The van der Waals surface area contributed by atoms with E-state index in [1.54, 1.807) is 26.1 Å². The fourth-order valence-corrected chi connectivity index (χ4v) is 5.45. The summed E-state index contributed by atoms with van der Waals surface area (Å²) in [6.45, 7) is 3.80. The minimum atomic E-state index is -0.552. The van der Waals surface area contributed by atoms with Crippen LogP contribution < -0.4 is 10.2 Å². The van der Waals surface area contributed by atoms with Gasteiger partial charge in [0.1, 0.15) is 6.04 Å². The molecule has 0 unspecified atom stereocenters. The maximum Gasteiger partial charge on any atom is 0.318 e. The second-order valence-electron chi connectivity index (χ2n) is 10.4. The lowest BCUT2D eigenvalue weighted by atomic mass is 10.0. The van der Waals surface area contributed by atoms with E-state index in [0.29, 0.717) is 25.1 Å². The molecule has 39 heavy (non-hydrogen) atoms. The van der Waals surface area contributed by atoms with E-state index in [-0.39, 0.29) is 30.5 Å². The Morgan fingerprint density at radius 3 is 2.59 bits per heavy atom. The summed E-state index contributed by atoms with van der Waals surface area (Å²) in [4.78, 5) is 44.4. The van der Waals surface area contributed by atoms with Crippen LogP contribution in [-0.2, 0) is 29.2 Å². The summed E-state index contributed by atoms with van der Waals surface area (Å²) in [6.07, 6.45) is 2.34. The van der Waals surface area contributed by atoms with E-state index >= 15 is 0 Å². The predicted molar refractivity (Wildman–Crippen MR) is 149 cm³/mol. The molecule has 3 heterocycles. The molecule has 0 spiro atoms. The van der Waals surface area contributed by atoms with Crippen LogP contribution in [0.1, 0.15) is 39.2 Å². The zero-order chi connectivity index (χ0) is 27.7. The number of nitrogens with one attached hydrogen (secondary N) is 1. The van der Waals surface area contributed by atoms with Crippen molar-refractivity contribution in [1.29, 1.82) is 0 Å². The van der Waals surface area contributed by atoms with Crippen molar-refractivity contribution in [1.82, 2.24) is 19.7 Å². The molecule has 204 valence electrons. The molecule has 2 atom stereocenters. The highest BCUT2D eigenvalue weighted by Gasteiger charge is 2.40. The van der Waals surface area contributed by atoms with Crippen LogP contribution in [-0.4, -0.2) is 72.1 Å². The Labute approximate surface area is 228 Å². The van der Waals surface area contributed by atoms with Crippen LogP contribution in [0.4, 0.5) is 10.5 Å². The molecule has 5 rings (SSSR count). The van der Waals surface area contributed by atoms with Gasteiger partial charge in [0, 0.05) is 70.4 Å². The number of aryl methyl sites for hydroxylation is 1. The molecule has 1 aromatic heterocycles. The van der Waals surface area contributed by atoms with Gasteiger partial charge in [0.25, 0.3) is 5.91 Å². The second-order valence-corrected chi connectivity index (χ2v) is 10.4. The summed E-state index contributed by atoms with van der Waals surface area (Å²) < 4.78 is 7.61. The summed E-state index contributed by atoms with van der Waals surface area (Å²) in [6, 6.07) is 16.8. The van der Waals surface area contributed by atoms with Gasteiger partial charge in [-0.05, 0) is 53.9 Å². The Balaban J connectivity index is 1.30. The lowest BCUT2D eigenvalue weighted by molar-refractivity contribution is -0.132. The number of carbonyl (C=O) groups is 3. The monoisotopic (exact) mass is 529 g/mol. The molecule has 0 radical (unpaired) electrons. The highest BCUT2D eigenvalue weighted by atomic mass is 16.5. The minimum Gasteiger partial charge on any atom is -0.380 e. The fourth-order valence-electron chi connectivity index (χ4n) is 5.45. The van der Waals surface area contributed by atoms with Crippen molar-refractivity contribution in [2.24, 2.45) is 0 Å². The van der Waals surface area contributed by atoms with Gasteiger partial charge in [-0.15, -0.1) is 0 Å². The van der Waals surface area contributed by atoms with Gasteiger partial charge >= 0.3 is 6.03 Å². The SMILES string of the molecule is CO[C@@H]1C[C@@H](C(=O)N(C)C)N(C(=O)NCc2ccc(C(=O)N3Cc4cccn4Cc4ccccc43)cc2C)C1. The highest BCUT2D eigenvalue weighted by Crippen LogP contribution is 2.29. The number of anilines is 1. The van der Waals surface area contributed by atoms with Crippen molar-refractivity contribution in [2.45, 2.75) is 45.1 Å². The number of hydrogen-bond acceptors (Lipinski definition) is 4. The van der Waals surface area contributed by atoms with Crippen molar-refractivity contribution in [2.75, 3.05) is 32.6 Å². The van der Waals surface area contributed by atoms with E-state index in [1.807, 2.05) is 60.5 Å². The largest absolute Gasteiger partial charge is 0.380 e. The van der Waals surface area contributed by atoms with Crippen molar-refractivity contribution in [3.05, 3.63) is 88.7 Å². The van der Waals surface area contributed by atoms with Gasteiger partial charge in [-0.3, -0.25) is 9.59 Å². The average Bonchev–Trinajstić information content (AvgIpc) is 3.54. The Kier molecular flexibility index (Phi) is 7.43. The van der Waals surface area contributed by atoms with Gasteiger partial charge < -0.3 is 29.3 Å². The Hall–Kier alpha value is -4.11. The van der Waals surface area contributed by atoms with E-state index in [0.717, 1.165) is 34.6 Å². The number of para-hydroxylation sites is 1. The van der Waals surface area contributed by atoms with E-state index in [9.17, 15) is 14.4 Å². The number of urea groups is 1. The number of likely N-dealkylation sites (N-methyl/N-ethyl adjacent to an activating group) is 1. The number of ether oxygens (including phenoxy) is 1. The Bertz CT molecular complexity index is 1400. The Morgan fingerprint density at radius 2 is 1.85 bits per heavy atom. The topological polar surface area (TPSA) is 87.1 Å². The number of fused-ring (bicyclic) bond motifs is 2. The number of methoxy groups -OCH3 is 1. The molecule has 9 nitrogen and oxygen atoms in total. The smallest absolute Gasteiger partial charge is 0.318 e. The number of nitrogens with zero attached hydrogens (tertiary/aromatic N) is 4. The van der Waals surface area contributed by atoms with Crippen molar-refractivity contribution < 1.29 is 19.1 Å². The van der Waals surface area contributed by atoms with E-state index < -0.39 is 6.04 Å². The van der Waals surface area contributed by atoms with Crippen molar-refractivity contribution in [3.8, 4) is 0 Å². The molecule has 1 fully saturated rings. The maximum absolute atomic E-state index is 13.8. The molecule has 1 N–H and O–H groups in total. The van der Waals surface area contributed by atoms with Crippen LogP contribution in [0.3, 0.4) is 0 Å². The van der Waals surface area contributed by atoms with Gasteiger partial charge in [-0.1, -0.05) is 24.3 Å².